The van der Waals surface area contributed by atoms with Gasteiger partial charge in [0.2, 0.25) is 0 Å². The van der Waals surface area contributed by atoms with Crippen molar-refractivity contribution in [3.05, 3.63) is 51.2 Å². The fraction of sp³-hybridized carbons (Fsp3) is 0.0769. The van der Waals surface area contributed by atoms with E-state index in [0.717, 1.165) is 0 Å². The van der Waals surface area contributed by atoms with E-state index >= 15 is 0 Å². The second-order valence-corrected chi connectivity index (χ2v) is 5.06. The summed E-state index contributed by atoms with van der Waals surface area (Å²) in [4.78, 5) is 24.0. The fourth-order valence-electron chi connectivity index (χ4n) is 1.50. The number of thiophene rings is 1. The van der Waals surface area contributed by atoms with Crippen molar-refractivity contribution in [3.8, 4) is 0 Å². The summed E-state index contributed by atoms with van der Waals surface area (Å²) >= 11 is 7.34. The van der Waals surface area contributed by atoms with Crippen LogP contribution in [0.5, 0.6) is 0 Å². The van der Waals surface area contributed by atoms with Gasteiger partial charge in [0.15, 0.2) is 0 Å². The molecule has 0 unspecified atom stereocenters. The molecule has 0 bridgehead atoms. The van der Waals surface area contributed by atoms with Crippen molar-refractivity contribution in [2.24, 2.45) is 0 Å². The second-order valence-electron chi connectivity index (χ2n) is 3.71. The monoisotopic (exact) mass is 294 g/mol. The molecule has 0 aliphatic heterocycles. The van der Waals surface area contributed by atoms with Gasteiger partial charge in [-0.05, 0) is 29.6 Å². The molecular formula is C13H11ClN2O2S. The molecule has 0 saturated heterocycles. The van der Waals surface area contributed by atoms with Crippen LogP contribution in [0.2, 0.25) is 5.02 Å². The van der Waals surface area contributed by atoms with E-state index in [1.807, 2.05) is 5.38 Å². The average molecular weight is 295 g/mol. The molecule has 6 heteroatoms. The number of nitrogens with one attached hydrogen (secondary N) is 2. The molecule has 1 aromatic carbocycles. The third kappa shape index (κ3) is 3.13. The van der Waals surface area contributed by atoms with Crippen molar-refractivity contribution >= 4 is 40.4 Å². The molecule has 0 saturated carbocycles. The third-order valence-corrected chi connectivity index (χ3v) is 3.65. The zero-order valence-electron chi connectivity index (χ0n) is 10.1. The van der Waals surface area contributed by atoms with Crippen molar-refractivity contribution in [1.82, 2.24) is 5.32 Å². The van der Waals surface area contributed by atoms with Crippen LogP contribution in [0.1, 0.15) is 20.0 Å². The van der Waals surface area contributed by atoms with Crippen LogP contribution in [0.4, 0.5) is 5.69 Å². The van der Waals surface area contributed by atoms with Crippen molar-refractivity contribution in [2.75, 3.05) is 12.4 Å². The first-order valence-corrected chi connectivity index (χ1v) is 6.74. The molecule has 0 atom stereocenters. The number of hydrogen-bond donors (Lipinski definition) is 2. The van der Waals surface area contributed by atoms with Crippen LogP contribution in [-0.2, 0) is 0 Å². The Balaban J connectivity index is 2.24. The maximum absolute atomic E-state index is 11.9. The van der Waals surface area contributed by atoms with E-state index in [9.17, 15) is 9.59 Å². The van der Waals surface area contributed by atoms with Crippen LogP contribution in [0.25, 0.3) is 0 Å². The molecule has 2 rings (SSSR count). The summed E-state index contributed by atoms with van der Waals surface area (Å²) in [6, 6.07) is 8.24. The number of rotatable bonds is 3. The lowest BCUT2D eigenvalue weighted by molar-refractivity contribution is 0.0961. The van der Waals surface area contributed by atoms with Gasteiger partial charge in [0.25, 0.3) is 11.8 Å². The first-order chi connectivity index (χ1) is 9.11. The number of hydrogen-bond acceptors (Lipinski definition) is 3. The molecule has 0 aliphatic carbocycles. The van der Waals surface area contributed by atoms with Gasteiger partial charge in [-0.2, -0.15) is 0 Å². The summed E-state index contributed by atoms with van der Waals surface area (Å²) in [6.07, 6.45) is 0. The molecule has 98 valence electrons. The predicted octanol–water partition coefficient (Wildman–Crippen LogP) is 3.01. The van der Waals surface area contributed by atoms with Crippen LogP contribution in [0.3, 0.4) is 0 Å². The maximum Gasteiger partial charge on any atom is 0.265 e. The largest absolute Gasteiger partial charge is 0.355 e. The van der Waals surface area contributed by atoms with Crippen LogP contribution < -0.4 is 10.6 Å². The molecule has 4 nitrogen and oxygen atoms in total. The lowest BCUT2D eigenvalue weighted by Crippen LogP contribution is -2.18. The molecule has 0 radical (unpaired) electrons. The van der Waals surface area contributed by atoms with Gasteiger partial charge in [0, 0.05) is 12.6 Å². The summed E-state index contributed by atoms with van der Waals surface area (Å²) in [6.45, 7) is 0. The topological polar surface area (TPSA) is 58.2 Å². The number of amides is 2. The summed E-state index contributed by atoms with van der Waals surface area (Å²) in [5, 5.41) is 7.41. The van der Waals surface area contributed by atoms with Gasteiger partial charge in [-0.25, -0.2) is 0 Å². The lowest BCUT2D eigenvalue weighted by atomic mass is 10.2. The van der Waals surface area contributed by atoms with E-state index in [1.165, 1.54) is 11.3 Å². The van der Waals surface area contributed by atoms with Crippen molar-refractivity contribution in [3.63, 3.8) is 0 Å². The Morgan fingerprint density at radius 3 is 2.63 bits per heavy atom. The Kier molecular flexibility index (Phi) is 4.19. The van der Waals surface area contributed by atoms with Crippen molar-refractivity contribution in [2.45, 2.75) is 0 Å². The van der Waals surface area contributed by atoms with Crippen LogP contribution in [0, 0.1) is 0 Å². The fourth-order valence-corrected chi connectivity index (χ4v) is 2.28. The van der Waals surface area contributed by atoms with Crippen LogP contribution in [0.15, 0.2) is 35.7 Å². The molecular weight excluding hydrogens is 284 g/mol. The Morgan fingerprint density at radius 2 is 2.00 bits per heavy atom. The molecule has 2 N–H and O–H groups in total. The molecule has 1 heterocycles. The number of halogens is 1. The standard InChI is InChI=1S/C13H11ClN2O2S/c1-15-12(17)8-4-5-9(14)10(7-8)16-13(18)11-3-2-6-19-11/h2-7H,1H3,(H,15,17)(H,16,18). The quantitative estimate of drug-likeness (QED) is 0.914. The molecule has 2 amide bonds. The van der Waals surface area contributed by atoms with Crippen molar-refractivity contribution < 1.29 is 9.59 Å². The normalized spacial score (nSPS) is 10.0. The minimum Gasteiger partial charge on any atom is -0.355 e. The third-order valence-electron chi connectivity index (χ3n) is 2.45. The minimum atomic E-state index is -0.244. The highest BCUT2D eigenvalue weighted by Crippen LogP contribution is 2.24. The first kappa shape index (κ1) is 13.6. The zero-order valence-corrected chi connectivity index (χ0v) is 11.6. The smallest absolute Gasteiger partial charge is 0.265 e. The highest BCUT2D eigenvalue weighted by atomic mass is 35.5. The molecule has 2 aromatic rings. The maximum atomic E-state index is 11.9. The minimum absolute atomic E-state index is 0.233. The van der Waals surface area contributed by atoms with Gasteiger partial charge in [0.1, 0.15) is 0 Å². The Labute approximate surface area is 119 Å². The Bertz CT molecular complexity index is 611. The van der Waals surface area contributed by atoms with E-state index in [0.29, 0.717) is 21.2 Å². The van der Waals surface area contributed by atoms with Gasteiger partial charge in [-0.1, -0.05) is 17.7 Å². The van der Waals surface area contributed by atoms with Crippen LogP contribution in [-0.4, -0.2) is 18.9 Å². The van der Waals surface area contributed by atoms with Gasteiger partial charge in [-0.3, -0.25) is 9.59 Å². The molecule has 0 aliphatic rings. The zero-order chi connectivity index (χ0) is 13.8. The number of benzene rings is 1. The van der Waals surface area contributed by atoms with E-state index < -0.39 is 0 Å². The SMILES string of the molecule is CNC(=O)c1ccc(Cl)c(NC(=O)c2cccs2)c1. The number of carbonyl (C=O) groups is 2. The summed E-state index contributed by atoms with van der Waals surface area (Å²) < 4.78 is 0. The van der Waals surface area contributed by atoms with Crippen LogP contribution >= 0.6 is 22.9 Å². The van der Waals surface area contributed by atoms with E-state index in [1.54, 1.807) is 37.4 Å². The Hall–Kier alpha value is -1.85. The molecule has 19 heavy (non-hydrogen) atoms. The van der Waals surface area contributed by atoms with Gasteiger partial charge in [-0.15, -0.1) is 11.3 Å². The number of carbonyl (C=O) groups excluding carboxylic acids is 2. The van der Waals surface area contributed by atoms with Gasteiger partial charge >= 0.3 is 0 Å². The predicted molar refractivity (Wildman–Crippen MR) is 77.1 cm³/mol. The van der Waals surface area contributed by atoms with E-state index in [4.69, 9.17) is 11.6 Å². The van der Waals surface area contributed by atoms with E-state index in [-0.39, 0.29) is 11.8 Å². The van der Waals surface area contributed by atoms with Gasteiger partial charge in [0.05, 0.1) is 15.6 Å². The van der Waals surface area contributed by atoms with Gasteiger partial charge < -0.3 is 10.6 Å². The second kappa shape index (κ2) is 5.86. The summed E-state index contributed by atoms with van der Waals surface area (Å²) in [5.41, 5.74) is 0.856. The highest BCUT2D eigenvalue weighted by Gasteiger charge is 2.12. The molecule has 0 fully saturated rings. The van der Waals surface area contributed by atoms with E-state index in [2.05, 4.69) is 10.6 Å². The average Bonchev–Trinajstić information content (AvgIpc) is 2.94. The summed E-state index contributed by atoms with van der Waals surface area (Å²) in [5.74, 6) is -0.478. The van der Waals surface area contributed by atoms with Crippen molar-refractivity contribution in [1.29, 1.82) is 0 Å². The number of anilines is 1. The Morgan fingerprint density at radius 1 is 1.21 bits per heavy atom. The molecule has 0 spiro atoms. The lowest BCUT2D eigenvalue weighted by Gasteiger charge is -2.08. The highest BCUT2D eigenvalue weighted by molar-refractivity contribution is 7.12. The molecule has 1 aromatic heterocycles. The first-order valence-electron chi connectivity index (χ1n) is 5.48. The summed E-state index contributed by atoms with van der Waals surface area (Å²) in [7, 11) is 1.54.